The van der Waals surface area contributed by atoms with E-state index in [-0.39, 0.29) is 0 Å². The summed E-state index contributed by atoms with van der Waals surface area (Å²) in [5, 5.41) is 31.3. The minimum Gasteiger partial charge on any atom is -0.388 e. The first kappa shape index (κ1) is 35.5. The van der Waals surface area contributed by atoms with Gasteiger partial charge in [-0.25, -0.2) is 18.3 Å². The number of azo groups is 2. The molecular formula is C40H48N12+2. The third-order valence-corrected chi connectivity index (χ3v) is 8.80. The minimum absolute atomic E-state index is 0.804. The molecule has 0 amide bonds. The van der Waals surface area contributed by atoms with Gasteiger partial charge >= 0.3 is 11.9 Å². The molecule has 0 spiro atoms. The highest BCUT2D eigenvalue weighted by atomic mass is 15.3. The van der Waals surface area contributed by atoms with E-state index in [4.69, 9.17) is 0 Å². The minimum atomic E-state index is 0.804. The Morgan fingerprint density at radius 3 is 1.12 bits per heavy atom. The number of hydrogen-bond acceptors (Lipinski definition) is 8. The van der Waals surface area contributed by atoms with Gasteiger partial charge in [-0.15, -0.1) is 0 Å². The first-order chi connectivity index (χ1) is 25.5. The normalized spacial score (nSPS) is 11.4. The maximum atomic E-state index is 4.59. The number of aromatic nitrogens is 4. The van der Waals surface area contributed by atoms with Crippen molar-refractivity contribution in [2.45, 2.75) is 38.8 Å². The molecule has 0 aliphatic rings. The molecule has 2 heterocycles. The number of anilines is 6. The van der Waals surface area contributed by atoms with Crippen molar-refractivity contribution < 1.29 is 9.13 Å². The van der Waals surface area contributed by atoms with Crippen molar-refractivity contribution in [2.24, 2.45) is 34.6 Å². The number of hydrogen-bond donors (Lipinski definition) is 4. The standard InChI is InChI=1S/C40H46N12/c1-41-31-9-13-33(14-10-31)43-35-17-21-37(22-18-35)45-47-39-49(3)27-29-51(39)25-7-5-6-8-26-52-30-28-50(4)40(52)48-46-38-23-19-36(20-24-38)44-34-15-11-32(42-2)12-16-34/h9-24,27-30H,5-8,25-26H2,1-4H3,(H2,41,42,45,46)/p+2. The second kappa shape index (κ2) is 17.6. The van der Waals surface area contributed by atoms with E-state index >= 15 is 0 Å². The zero-order valence-electron chi connectivity index (χ0n) is 30.4. The number of unbranched alkanes of at least 4 members (excludes halogenated alkanes) is 3. The van der Waals surface area contributed by atoms with Gasteiger partial charge in [-0.05, 0) is 110 Å². The van der Waals surface area contributed by atoms with Crippen LogP contribution < -0.4 is 30.4 Å². The predicted octanol–water partition coefficient (Wildman–Crippen LogP) is 9.60. The fraction of sp³-hybridized carbons (Fsp3) is 0.250. The van der Waals surface area contributed by atoms with E-state index in [0.29, 0.717) is 0 Å². The molecule has 6 aromatic rings. The van der Waals surface area contributed by atoms with Gasteiger partial charge in [-0.3, -0.25) is 0 Å². The van der Waals surface area contributed by atoms with Gasteiger partial charge in [-0.2, -0.15) is 0 Å². The quantitative estimate of drug-likeness (QED) is 0.0432. The van der Waals surface area contributed by atoms with Crippen LogP contribution in [0.4, 0.5) is 57.4 Å². The van der Waals surface area contributed by atoms with E-state index in [1.54, 1.807) is 0 Å². The van der Waals surface area contributed by atoms with E-state index in [0.717, 1.165) is 96.2 Å². The highest BCUT2D eigenvalue weighted by molar-refractivity contribution is 5.65. The number of aryl methyl sites for hydroxylation is 4. The molecule has 4 N–H and O–H groups in total. The summed E-state index contributed by atoms with van der Waals surface area (Å²) in [7, 11) is 7.83. The summed E-state index contributed by atoms with van der Waals surface area (Å²) in [5.74, 6) is 1.65. The SMILES string of the molecule is CNc1ccc(Nc2ccc(N=Nc3n(CCCCCCn4cc[n+](C)c4N=Nc4ccc(Nc5ccc(NC)cc5)cc4)cc[n+]3C)cc2)cc1. The molecule has 0 saturated carbocycles. The Bertz CT molecular complexity index is 1910. The lowest BCUT2D eigenvalue weighted by Gasteiger charge is -2.07. The van der Waals surface area contributed by atoms with Gasteiger partial charge in [0.05, 0.1) is 52.0 Å². The summed E-state index contributed by atoms with van der Waals surface area (Å²) in [5.41, 5.74) is 7.83. The molecule has 0 aliphatic carbocycles. The molecule has 6 rings (SSSR count). The number of nitrogens with one attached hydrogen (secondary N) is 4. The fourth-order valence-corrected chi connectivity index (χ4v) is 5.76. The van der Waals surface area contributed by atoms with Gasteiger partial charge in [0.2, 0.25) is 0 Å². The number of nitrogens with zero attached hydrogens (tertiary/aromatic N) is 8. The number of rotatable bonds is 17. The molecule has 0 bridgehead atoms. The Balaban J connectivity index is 0.939. The molecule has 12 nitrogen and oxygen atoms in total. The average molecular weight is 697 g/mol. The zero-order chi connectivity index (χ0) is 36.1. The highest BCUT2D eigenvalue weighted by Crippen LogP contribution is 2.25. The van der Waals surface area contributed by atoms with Crippen LogP contribution in [0.2, 0.25) is 0 Å². The van der Waals surface area contributed by atoms with Crippen LogP contribution in [0.5, 0.6) is 0 Å². The van der Waals surface area contributed by atoms with Crippen LogP contribution in [0.25, 0.3) is 0 Å². The molecule has 0 radical (unpaired) electrons. The Morgan fingerprint density at radius 1 is 0.442 bits per heavy atom. The van der Waals surface area contributed by atoms with E-state index in [2.05, 4.69) is 63.3 Å². The molecule has 0 fully saturated rings. The largest absolute Gasteiger partial charge is 0.421 e. The molecule has 4 aromatic carbocycles. The summed E-state index contributed by atoms with van der Waals surface area (Å²) in [4.78, 5) is 0. The average Bonchev–Trinajstić information content (AvgIpc) is 3.72. The lowest BCUT2D eigenvalue weighted by Crippen LogP contribution is -2.25. The van der Waals surface area contributed by atoms with Crippen LogP contribution in [0.1, 0.15) is 25.7 Å². The van der Waals surface area contributed by atoms with Crippen molar-refractivity contribution in [1.82, 2.24) is 9.13 Å². The van der Waals surface area contributed by atoms with Crippen LogP contribution >= 0.6 is 0 Å². The van der Waals surface area contributed by atoms with Gasteiger partial charge in [-0.1, -0.05) is 23.1 Å². The third-order valence-electron chi connectivity index (χ3n) is 8.80. The highest BCUT2D eigenvalue weighted by Gasteiger charge is 2.16. The zero-order valence-corrected chi connectivity index (χ0v) is 30.4. The van der Waals surface area contributed by atoms with Crippen LogP contribution in [0, 0.1) is 0 Å². The van der Waals surface area contributed by atoms with Crippen molar-refractivity contribution in [1.29, 1.82) is 0 Å². The summed E-state index contributed by atoms with van der Waals surface area (Å²) < 4.78 is 8.35. The lowest BCUT2D eigenvalue weighted by atomic mass is 10.2. The smallest absolute Gasteiger partial charge is 0.388 e. The first-order valence-electron chi connectivity index (χ1n) is 17.7. The predicted molar refractivity (Wildman–Crippen MR) is 209 cm³/mol. The van der Waals surface area contributed by atoms with E-state index in [1.807, 2.05) is 147 Å². The maximum absolute atomic E-state index is 4.59. The molecule has 0 atom stereocenters. The van der Waals surface area contributed by atoms with E-state index in [1.165, 1.54) is 0 Å². The maximum Gasteiger partial charge on any atom is 0.421 e. The molecule has 52 heavy (non-hydrogen) atoms. The van der Waals surface area contributed by atoms with Gasteiger partial charge in [0.25, 0.3) is 0 Å². The second-order valence-corrected chi connectivity index (χ2v) is 12.6. The van der Waals surface area contributed by atoms with Gasteiger partial charge in [0.15, 0.2) is 0 Å². The summed E-state index contributed by atoms with van der Waals surface area (Å²) >= 11 is 0. The topological polar surface area (TPSA) is 115 Å². The third kappa shape index (κ3) is 9.69. The van der Waals surface area contributed by atoms with Gasteiger partial charge in [0, 0.05) is 58.4 Å². The van der Waals surface area contributed by atoms with Crippen LogP contribution in [0.3, 0.4) is 0 Å². The molecule has 0 unspecified atom stereocenters. The van der Waals surface area contributed by atoms with Gasteiger partial charge in [0.1, 0.15) is 11.4 Å². The van der Waals surface area contributed by atoms with Crippen molar-refractivity contribution in [3.63, 3.8) is 0 Å². The molecule has 0 saturated heterocycles. The van der Waals surface area contributed by atoms with Crippen molar-refractivity contribution >= 4 is 57.4 Å². The molecule has 0 aliphatic heterocycles. The van der Waals surface area contributed by atoms with Crippen LogP contribution in [-0.4, -0.2) is 23.2 Å². The Hall–Kier alpha value is -6.30. The van der Waals surface area contributed by atoms with Crippen molar-refractivity contribution in [3.8, 4) is 0 Å². The summed E-state index contributed by atoms with van der Waals surface area (Å²) in [6, 6.07) is 32.3. The first-order valence-corrected chi connectivity index (χ1v) is 17.7. The van der Waals surface area contributed by atoms with E-state index in [9.17, 15) is 0 Å². The van der Waals surface area contributed by atoms with Gasteiger partial charge < -0.3 is 21.3 Å². The van der Waals surface area contributed by atoms with Crippen LogP contribution in [0.15, 0.2) is 142 Å². The van der Waals surface area contributed by atoms with Crippen molar-refractivity contribution in [3.05, 3.63) is 122 Å². The lowest BCUT2D eigenvalue weighted by molar-refractivity contribution is -0.657. The second-order valence-electron chi connectivity index (χ2n) is 12.6. The number of benzene rings is 4. The Labute approximate surface area is 305 Å². The fourth-order valence-electron chi connectivity index (χ4n) is 5.76. The van der Waals surface area contributed by atoms with Crippen molar-refractivity contribution in [2.75, 3.05) is 35.4 Å². The summed E-state index contributed by atoms with van der Waals surface area (Å²) in [6.45, 7) is 1.78. The molecule has 2 aromatic heterocycles. The van der Waals surface area contributed by atoms with Crippen LogP contribution in [-0.2, 0) is 27.2 Å². The van der Waals surface area contributed by atoms with E-state index < -0.39 is 0 Å². The molecule has 266 valence electrons. The number of imidazole rings is 2. The Kier molecular flexibility index (Phi) is 12.0. The summed E-state index contributed by atoms with van der Waals surface area (Å²) in [6.07, 6.45) is 12.6. The monoisotopic (exact) mass is 696 g/mol. The molecule has 12 heteroatoms. The Morgan fingerprint density at radius 2 is 0.769 bits per heavy atom. The molecular weight excluding hydrogens is 649 g/mol.